The molecule has 4 heteroatoms. The fourth-order valence-electron chi connectivity index (χ4n) is 2.36. The molecule has 0 spiro atoms. The predicted molar refractivity (Wildman–Crippen MR) is 94.5 cm³/mol. The van der Waals surface area contributed by atoms with Gasteiger partial charge in [-0.25, -0.2) is 0 Å². The van der Waals surface area contributed by atoms with Crippen LogP contribution in [0.25, 0.3) is 10.2 Å². The van der Waals surface area contributed by atoms with Gasteiger partial charge in [0, 0.05) is 5.56 Å². The number of carbonyl (C=O) groups is 1. The molecule has 1 aromatic heterocycles. The highest BCUT2D eigenvalue weighted by molar-refractivity contribution is 7.16. The highest BCUT2D eigenvalue weighted by Gasteiger charge is 2.08. The Hall–Kier alpha value is -2.64. The molecule has 3 nitrogen and oxygen atoms in total. The van der Waals surface area contributed by atoms with E-state index in [4.69, 9.17) is 6.42 Å². The van der Waals surface area contributed by atoms with Gasteiger partial charge in [-0.1, -0.05) is 41.0 Å². The lowest BCUT2D eigenvalue weighted by Crippen LogP contribution is -2.16. The van der Waals surface area contributed by atoms with Crippen molar-refractivity contribution >= 4 is 27.5 Å². The van der Waals surface area contributed by atoms with Crippen molar-refractivity contribution in [2.24, 2.45) is 4.99 Å². The first-order valence-corrected chi connectivity index (χ1v) is 8.09. The Bertz CT molecular complexity index is 985. The van der Waals surface area contributed by atoms with Crippen molar-refractivity contribution in [3.8, 4) is 12.3 Å². The van der Waals surface area contributed by atoms with Crippen molar-refractivity contribution in [1.29, 1.82) is 0 Å². The van der Waals surface area contributed by atoms with Crippen LogP contribution in [-0.2, 0) is 6.54 Å². The summed E-state index contributed by atoms with van der Waals surface area (Å²) in [4.78, 5) is 17.3. The van der Waals surface area contributed by atoms with Gasteiger partial charge in [0.1, 0.15) is 0 Å². The predicted octanol–water partition coefficient (Wildman–Crippen LogP) is 3.69. The molecular formula is C19H16N2OS. The molecule has 0 N–H and O–H groups in total. The Balaban J connectivity index is 2.14. The number of fused-ring (bicyclic) bond motifs is 1. The summed E-state index contributed by atoms with van der Waals surface area (Å²) in [5.74, 6) is 2.39. The van der Waals surface area contributed by atoms with E-state index >= 15 is 0 Å². The third-order valence-electron chi connectivity index (χ3n) is 3.58. The summed E-state index contributed by atoms with van der Waals surface area (Å²) in [7, 11) is 0. The van der Waals surface area contributed by atoms with E-state index in [0.29, 0.717) is 16.9 Å². The van der Waals surface area contributed by atoms with Crippen LogP contribution < -0.4 is 4.80 Å². The Morgan fingerprint density at radius 2 is 1.87 bits per heavy atom. The third-order valence-corrected chi connectivity index (χ3v) is 4.62. The zero-order valence-electron chi connectivity index (χ0n) is 13.0. The number of rotatable bonds is 2. The lowest BCUT2D eigenvalue weighted by atomic mass is 10.1. The molecule has 2 aromatic carbocycles. The van der Waals surface area contributed by atoms with Crippen LogP contribution in [0.1, 0.15) is 21.5 Å². The molecule has 0 fully saturated rings. The molecule has 3 rings (SSSR count). The average molecular weight is 320 g/mol. The van der Waals surface area contributed by atoms with Gasteiger partial charge in [-0.05, 0) is 43.7 Å². The second-order valence-electron chi connectivity index (χ2n) is 5.43. The Labute approximate surface area is 138 Å². The van der Waals surface area contributed by atoms with Gasteiger partial charge in [0.05, 0.1) is 16.8 Å². The van der Waals surface area contributed by atoms with Crippen LogP contribution in [-0.4, -0.2) is 10.5 Å². The van der Waals surface area contributed by atoms with Crippen molar-refractivity contribution in [2.75, 3.05) is 0 Å². The maximum atomic E-state index is 12.4. The highest BCUT2D eigenvalue weighted by atomic mass is 32.1. The van der Waals surface area contributed by atoms with E-state index in [9.17, 15) is 4.79 Å². The summed E-state index contributed by atoms with van der Waals surface area (Å²) in [6, 6.07) is 13.6. The van der Waals surface area contributed by atoms with E-state index in [2.05, 4.69) is 17.0 Å². The minimum absolute atomic E-state index is 0.251. The molecule has 1 amide bonds. The number of hydrogen-bond acceptors (Lipinski definition) is 2. The molecule has 23 heavy (non-hydrogen) atoms. The second-order valence-corrected chi connectivity index (χ2v) is 6.44. The maximum absolute atomic E-state index is 12.4. The number of terminal acetylenes is 1. The van der Waals surface area contributed by atoms with E-state index < -0.39 is 0 Å². The number of carbonyl (C=O) groups excluding carboxylic acids is 1. The van der Waals surface area contributed by atoms with Gasteiger partial charge < -0.3 is 4.57 Å². The number of nitrogens with zero attached hydrogens (tertiary/aromatic N) is 2. The Morgan fingerprint density at radius 1 is 1.17 bits per heavy atom. The lowest BCUT2D eigenvalue weighted by molar-refractivity contribution is 0.0998. The summed E-state index contributed by atoms with van der Waals surface area (Å²) in [6.45, 7) is 4.42. The highest BCUT2D eigenvalue weighted by Crippen LogP contribution is 2.19. The van der Waals surface area contributed by atoms with Crippen LogP contribution in [0.5, 0.6) is 0 Å². The van der Waals surface area contributed by atoms with Crippen molar-refractivity contribution < 1.29 is 4.79 Å². The van der Waals surface area contributed by atoms with Gasteiger partial charge in [-0.15, -0.1) is 6.42 Å². The molecule has 0 saturated carbocycles. The van der Waals surface area contributed by atoms with Crippen molar-refractivity contribution in [3.63, 3.8) is 0 Å². The molecule has 0 unspecified atom stereocenters. The Morgan fingerprint density at radius 3 is 2.57 bits per heavy atom. The number of thiazole rings is 1. The van der Waals surface area contributed by atoms with E-state index in [1.807, 2.05) is 42.7 Å². The normalized spacial score (nSPS) is 11.6. The molecule has 1 heterocycles. The van der Waals surface area contributed by atoms with Crippen LogP contribution >= 0.6 is 11.3 Å². The van der Waals surface area contributed by atoms with E-state index in [-0.39, 0.29) is 5.91 Å². The summed E-state index contributed by atoms with van der Waals surface area (Å²) >= 11 is 1.48. The van der Waals surface area contributed by atoms with Gasteiger partial charge >= 0.3 is 0 Å². The Kier molecular flexibility index (Phi) is 4.14. The number of aryl methyl sites for hydroxylation is 2. The van der Waals surface area contributed by atoms with Crippen molar-refractivity contribution in [3.05, 3.63) is 64.0 Å². The molecule has 0 aliphatic rings. The second kappa shape index (κ2) is 6.23. The van der Waals surface area contributed by atoms with E-state index in [0.717, 1.165) is 15.8 Å². The van der Waals surface area contributed by atoms with Crippen molar-refractivity contribution in [2.45, 2.75) is 20.4 Å². The maximum Gasteiger partial charge on any atom is 0.279 e. The largest absolute Gasteiger partial charge is 0.305 e. The number of amides is 1. The molecule has 0 aliphatic heterocycles. The lowest BCUT2D eigenvalue weighted by Gasteiger charge is -2.00. The number of aromatic nitrogens is 1. The zero-order valence-corrected chi connectivity index (χ0v) is 13.9. The van der Waals surface area contributed by atoms with Gasteiger partial charge in [-0.3, -0.25) is 4.79 Å². The van der Waals surface area contributed by atoms with Crippen LogP contribution in [0.15, 0.2) is 47.5 Å². The average Bonchev–Trinajstić information content (AvgIpc) is 2.85. The molecule has 0 bridgehead atoms. The standard InChI is InChI=1S/C19H16N2OS/c1-4-11-21-16-10-7-14(3)12-17(16)23-19(21)20-18(22)15-8-5-13(2)6-9-15/h1,5-10,12H,11H2,2-3H3. The quantitative estimate of drug-likeness (QED) is 0.663. The minimum atomic E-state index is -0.251. The monoisotopic (exact) mass is 320 g/mol. The SMILES string of the molecule is C#CCn1c(=NC(=O)c2ccc(C)cc2)sc2cc(C)ccc21. The van der Waals surface area contributed by atoms with E-state index in [1.54, 1.807) is 12.1 Å². The smallest absolute Gasteiger partial charge is 0.279 e. The van der Waals surface area contributed by atoms with Crippen LogP contribution in [0.4, 0.5) is 0 Å². The van der Waals surface area contributed by atoms with Gasteiger partial charge in [0.2, 0.25) is 0 Å². The zero-order chi connectivity index (χ0) is 16.4. The first-order valence-electron chi connectivity index (χ1n) is 7.27. The summed E-state index contributed by atoms with van der Waals surface area (Å²) in [6.07, 6.45) is 5.48. The fraction of sp³-hybridized carbons (Fsp3) is 0.158. The summed E-state index contributed by atoms with van der Waals surface area (Å²) in [5, 5.41) is 0. The summed E-state index contributed by atoms with van der Waals surface area (Å²) in [5.41, 5.74) is 3.87. The molecule has 114 valence electrons. The van der Waals surface area contributed by atoms with Crippen LogP contribution in [0.2, 0.25) is 0 Å². The molecule has 3 aromatic rings. The van der Waals surface area contributed by atoms with Gasteiger partial charge in [-0.2, -0.15) is 4.99 Å². The van der Waals surface area contributed by atoms with E-state index in [1.165, 1.54) is 16.9 Å². The van der Waals surface area contributed by atoms with Gasteiger partial charge in [0.25, 0.3) is 5.91 Å². The molecule has 0 aliphatic carbocycles. The first-order chi connectivity index (χ1) is 11.1. The minimum Gasteiger partial charge on any atom is -0.305 e. The van der Waals surface area contributed by atoms with Gasteiger partial charge in [0.15, 0.2) is 4.80 Å². The van der Waals surface area contributed by atoms with Crippen molar-refractivity contribution in [1.82, 2.24) is 4.57 Å². The molecular weight excluding hydrogens is 304 g/mol. The topological polar surface area (TPSA) is 34.4 Å². The summed E-state index contributed by atoms with van der Waals surface area (Å²) < 4.78 is 2.99. The third kappa shape index (κ3) is 3.10. The fourth-order valence-corrected chi connectivity index (χ4v) is 3.48. The van der Waals surface area contributed by atoms with Crippen LogP contribution in [0.3, 0.4) is 0 Å². The molecule has 0 atom stereocenters. The molecule has 0 saturated heterocycles. The molecule has 0 radical (unpaired) electrons. The van der Waals surface area contributed by atoms with Crippen LogP contribution in [0, 0.1) is 26.2 Å². The first kappa shape index (κ1) is 15.3. The number of benzene rings is 2. The number of hydrogen-bond donors (Lipinski definition) is 0.